The molecule has 1 saturated heterocycles. The van der Waals surface area contributed by atoms with Gasteiger partial charge >= 0.3 is 0 Å². The third-order valence-corrected chi connectivity index (χ3v) is 6.89. The Morgan fingerprint density at radius 3 is 2.15 bits per heavy atom. The summed E-state index contributed by atoms with van der Waals surface area (Å²) in [6.07, 6.45) is 0. The number of carbonyl (C=O) groups excluding carboxylic acids is 2. The smallest absolute Gasteiger partial charge is 0.291 e. The number of piperazine rings is 1. The third-order valence-electron chi connectivity index (χ3n) is 6.89. The van der Waals surface area contributed by atoms with E-state index in [0.29, 0.717) is 48.9 Å². The molecule has 2 amide bonds. The fraction of sp³-hybridized carbons (Fsp3) is 0.200. The van der Waals surface area contributed by atoms with Crippen LogP contribution in [0.4, 0.5) is 17.1 Å². The van der Waals surface area contributed by atoms with Gasteiger partial charge in [-0.25, -0.2) is 0 Å². The lowest BCUT2D eigenvalue weighted by molar-refractivity contribution is -0.384. The highest BCUT2D eigenvalue weighted by atomic mass is 16.6. The van der Waals surface area contributed by atoms with Gasteiger partial charge in [-0.1, -0.05) is 0 Å². The van der Waals surface area contributed by atoms with Crippen molar-refractivity contribution in [2.45, 2.75) is 0 Å². The predicted molar refractivity (Wildman–Crippen MR) is 153 cm³/mol. The summed E-state index contributed by atoms with van der Waals surface area (Å²) in [5.41, 5.74) is 2.23. The molecule has 11 heteroatoms. The molecule has 0 aliphatic carbocycles. The molecular formula is C30H28N4O7. The number of nitrogens with one attached hydrogen (secondary N) is 1. The zero-order valence-electron chi connectivity index (χ0n) is 22.5. The molecule has 5 rings (SSSR count). The number of nitro benzene ring substituents is 1. The highest BCUT2D eigenvalue weighted by Gasteiger charge is 2.23. The Balaban J connectivity index is 1.18. The van der Waals surface area contributed by atoms with Crippen LogP contribution in [0, 0.1) is 10.1 Å². The summed E-state index contributed by atoms with van der Waals surface area (Å²) in [5, 5.41) is 14.3. The van der Waals surface area contributed by atoms with E-state index in [9.17, 15) is 19.7 Å². The number of amides is 2. The van der Waals surface area contributed by atoms with Crippen molar-refractivity contribution in [1.82, 2.24) is 4.90 Å². The van der Waals surface area contributed by atoms with Crippen LogP contribution in [0.25, 0.3) is 11.3 Å². The minimum Gasteiger partial charge on any atom is -0.497 e. The largest absolute Gasteiger partial charge is 0.497 e. The van der Waals surface area contributed by atoms with Crippen molar-refractivity contribution >= 4 is 28.9 Å². The van der Waals surface area contributed by atoms with E-state index in [1.807, 2.05) is 17.0 Å². The van der Waals surface area contributed by atoms with Gasteiger partial charge in [0.1, 0.15) is 17.3 Å². The van der Waals surface area contributed by atoms with Crippen LogP contribution in [0.15, 0.2) is 83.3 Å². The molecule has 1 fully saturated rings. The standard InChI is InChI=1S/C30H28N4O7/c1-39-23-9-3-20(4-10-23)30(36)33-17-15-32(16-18-33)22-7-5-21(6-8-22)31-29(35)28-14-13-27(41-28)25-12-11-24(40-2)19-26(25)34(37)38/h3-14,19H,15-18H2,1-2H3,(H,31,35). The average molecular weight is 557 g/mol. The number of benzene rings is 3. The van der Waals surface area contributed by atoms with Crippen molar-refractivity contribution in [1.29, 1.82) is 0 Å². The van der Waals surface area contributed by atoms with E-state index in [4.69, 9.17) is 13.9 Å². The van der Waals surface area contributed by atoms with Gasteiger partial charge in [0.2, 0.25) is 0 Å². The van der Waals surface area contributed by atoms with Crippen LogP contribution >= 0.6 is 0 Å². The number of methoxy groups -OCH3 is 2. The molecule has 2 heterocycles. The number of nitro groups is 1. The molecular weight excluding hydrogens is 528 g/mol. The molecule has 210 valence electrons. The molecule has 41 heavy (non-hydrogen) atoms. The van der Waals surface area contributed by atoms with Gasteiger partial charge in [0.05, 0.1) is 30.8 Å². The molecule has 11 nitrogen and oxygen atoms in total. The molecule has 3 aromatic carbocycles. The summed E-state index contributed by atoms with van der Waals surface area (Å²) in [6, 6.07) is 21.9. The Kier molecular flexibility index (Phi) is 7.86. The summed E-state index contributed by atoms with van der Waals surface area (Å²) >= 11 is 0. The first kappa shape index (κ1) is 27.3. The zero-order valence-corrected chi connectivity index (χ0v) is 22.5. The highest BCUT2D eigenvalue weighted by Crippen LogP contribution is 2.34. The minimum atomic E-state index is -0.527. The van der Waals surface area contributed by atoms with Gasteiger partial charge in [-0.2, -0.15) is 0 Å². The summed E-state index contributed by atoms with van der Waals surface area (Å²) in [4.78, 5) is 40.7. The van der Waals surface area contributed by atoms with Gasteiger partial charge in [0.15, 0.2) is 5.76 Å². The number of nitrogens with zero attached hydrogens (tertiary/aromatic N) is 3. The molecule has 4 aromatic rings. The van der Waals surface area contributed by atoms with Gasteiger partial charge in [0.25, 0.3) is 17.5 Å². The summed E-state index contributed by atoms with van der Waals surface area (Å²) < 4.78 is 15.9. The van der Waals surface area contributed by atoms with Crippen LogP contribution in [0.3, 0.4) is 0 Å². The van der Waals surface area contributed by atoms with Crippen molar-refractivity contribution in [2.24, 2.45) is 0 Å². The van der Waals surface area contributed by atoms with E-state index in [-0.39, 0.29) is 28.7 Å². The molecule has 1 aliphatic rings. The second-order valence-corrected chi connectivity index (χ2v) is 9.31. The zero-order chi connectivity index (χ0) is 28.9. The second kappa shape index (κ2) is 11.8. The van der Waals surface area contributed by atoms with Crippen molar-refractivity contribution in [3.8, 4) is 22.8 Å². The van der Waals surface area contributed by atoms with Crippen LogP contribution in [0.5, 0.6) is 11.5 Å². The third kappa shape index (κ3) is 5.98. The first-order chi connectivity index (χ1) is 19.9. The molecule has 0 atom stereocenters. The van der Waals surface area contributed by atoms with E-state index >= 15 is 0 Å². The number of hydrogen-bond acceptors (Lipinski definition) is 8. The molecule has 1 N–H and O–H groups in total. The first-order valence-corrected chi connectivity index (χ1v) is 12.9. The molecule has 1 aromatic heterocycles. The van der Waals surface area contributed by atoms with Crippen molar-refractivity contribution < 1.29 is 28.4 Å². The van der Waals surface area contributed by atoms with Crippen LogP contribution in [-0.2, 0) is 0 Å². The Bertz CT molecular complexity index is 1560. The highest BCUT2D eigenvalue weighted by molar-refractivity contribution is 6.02. The SMILES string of the molecule is COc1ccc(C(=O)N2CCN(c3ccc(NC(=O)c4ccc(-c5ccc(OC)cc5[N+](=O)[O-])o4)cc3)CC2)cc1. The number of hydrogen-bond donors (Lipinski definition) is 1. The van der Waals surface area contributed by atoms with E-state index in [0.717, 1.165) is 5.69 Å². The van der Waals surface area contributed by atoms with Gasteiger partial charge in [-0.15, -0.1) is 0 Å². The second-order valence-electron chi connectivity index (χ2n) is 9.31. The first-order valence-electron chi connectivity index (χ1n) is 12.9. The maximum atomic E-state index is 12.8. The quantitative estimate of drug-likeness (QED) is 0.235. The number of ether oxygens (including phenoxy) is 2. The van der Waals surface area contributed by atoms with E-state index < -0.39 is 10.8 Å². The number of rotatable bonds is 8. The normalized spacial score (nSPS) is 13.0. The Morgan fingerprint density at radius 2 is 1.51 bits per heavy atom. The lowest BCUT2D eigenvalue weighted by Crippen LogP contribution is -2.48. The minimum absolute atomic E-state index is 0.00644. The predicted octanol–water partition coefficient (Wildman–Crippen LogP) is 5.09. The van der Waals surface area contributed by atoms with E-state index in [1.165, 1.54) is 31.4 Å². The number of furan rings is 1. The maximum Gasteiger partial charge on any atom is 0.291 e. The van der Waals surface area contributed by atoms with Gasteiger partial charge in [-0.05, 0) is 72.8 Å². The molecule has 0 unspecified atom stereocenters. The summed E-state index contributed by atoms with van der Waals surface area (Å²) in [5.74, 6) is 0.785. The van der Waals surface area contributed by atoms with Gasteiger partial charge in [0, 0.05) is 43.1 Å². The lowest BCUT2D eigenvalue weighted by Gasteiger charge is -2.36. The average Bonchev–Trinajstić information content (AvgIpc) is 3.51. The van der Waals surface area contributed by atoms with Crippen molar-refractivity contribution in [3.63, 3.8) is 0 Å². The Hall–Kier alpha value is -5.32. The monoisotopic (exact) mass is 556 g/mol. The van der Waals surface area contributed by atoms with Crippen LogP contribution in [0.2, 0.25) is 0 Å². The van der Waals surface area contributed by atoms with Gasteiger partial charge < -0.3 is 29.0 Å². The molecule has 0 saturated carbocycles. The van der Waals surface area contributed by atoms with Crippen molar-refractivity contribution in [2.75, 3.05) is 50.6 Å². The van der Waals surface area contributed by atoms with E-state index in [2.05, 4.69) is 10.2 Å². The van der Waals surface area contributed by atoms with Crippen LogP contribution < -0.4 is 19.7 Å². The van der Waals surface area contributed by atoms with E-state index in [1.54, 1.807) is 49.6 Å². The van der Waals surface area contributed by atoms with Gasteiger partial charge in [-0.3, -0.25) is 19.7 Å². The molecule has 1 aliphatic heterocycles. The maximum absolute atomic E-state index is 12.8. The summed E-state index contributed by atoms with van der Waals surface area (Å²) in [6.45, 7) is 2.55. The Morgan fingerprint density at radius 1 is 0.854 bits per heavy atom. The molecule has 0 spiro atoms. The summed E-state index contributed by atoms with van der Waals surface area (Å²) in [7, 11) is 3.01. The number of carbonyl (C=O) groups is 2. The topological polar surface area (TPSA) is 127 Å². The number of anilines is 2. The Labute approximate surface area is 236 Å². The fourth-order valence-electron chi connectivity index (χ4n) is 4.63. The van der Waals surface area contributed by atoms with Crippen molar-refractivity contribution in [3.05, 3.63) is 100 Å². The molecule has 0 bridgehead atoms. The molecule has 0 radical (unpaired) electrons. The lowest BCUT2D eigenvalue weighted by atomic mass is 10.1. The van der Waals surface area contributed by atoms with Crippen LogP contribution in [-0.4, -0.2) is 62.0 Å². The fourth-order valence-corrected chi connectivity index (χ4v) is 4.63. The van der Waals surface area contributed by atoms with Crippen LogP contribution in [0.1, 0.15) is 20.9 Å².